The molecule has 0 aromatic rings. The van der Waals surface area contributed by atoms with E-state index < -0.39 is 17.1 Å². The first-order chi connectivity index (χ1) is 11.1. The number of rotatable bonds is 2. The van der Waals surface area contributed by atoms with Crippen molar-refractivity contribution >= 4 is 23.7 Å². The second-order valence-electron chi connectivity index (χ2n) is 8.16. The number of hydrogen-bond acceptors (Lipinski definition) is 5. The number of alkyl halides is 1. The van der Waals surface area contributed by atoms with Crippen LogP contribution in [0.15, 0.2) is 0 Å². The minimum atomic E-state index is -0.914. The van der Waals surface area contributed by atoms with Crippen LogP contribution in [0.1, 0.15) is 59.3 Å². The van der Waals surface area contributed by atoms with Gasteiger partial charge in [0.1, 0.15) is 11.1 Å². The minimum absolute atomic E-state index is 0.159. The Bertz CT molecular complexity index is 471. The van der Waals surface area contributed by atoms with E-state index in [0.29, 0.717) is 25.9 Å². The van der Waals surface area contributed by atoms with E-state index in [1.54, 1.807) is 4.90 Å². The number of halogens is 1. The van der Waals surface area contributed by atoms with Crippen molar-refractivity contribution in [1.82, 2.24) is 4.90 Å². The number of hydrogen-bond donors (Lipinski definition) is 1. The topological polar surface area (TPSA) is 81.9 Å². The van der Waals surface area contributed by atoms with Crippen molar-refractivity contribution in [2.45, 2.75) is 70.4 Å². The summed E-state index contributed by atoms with van der Waals surface area (Å²) in [6.45, 7) is 7.01. The van der Waals surface area contributed by atoms with Gasteiger partial charge in [-0.15, -0.1) is 0 Å². The van der Waals surface area contributed by atoms with Crippen LogP contribution in [0.25, 0.3) is 0 Å². The number of esters is 1. The molecule has 1 spiro atoms. The van der Waals surface area contributed by atoms with Gasteiger partial charge in [-0.25, -0.2) is 4.79 Å². The molecule has 0 bridgehead atoms. The van der Waals surface area contributed by atoms with E-state index in [2.05, 4.69) is 0 Å². The Morgan fingerprint density at radius 2 is 1.62 bits per heavy atom. The van der Waals surface area contributed by atoms with Gasteiger partial charge in [-0.2, -0.15) is 0 Å². The Hall–Kier alpha value is -1.01. The average Bonchev–Trinajstić information content (AvgIpc) is 2.50. The Morgan fingerprint density at radius 1 is 1.08 bits per heavy atom. The van der Waals surface area contributed by atoms with Crippen molar-refractivity contribution in [3.05, 3.63) is 0 Å². The van der Waals surface area contributed by atoms with Crippen LogP contribution in [-0.4, -0.2) is 47.3 Å². The van der Waals surface area contributed by atoms with Crippen LogP contribution < -0.4 is 5.73 Å². The molecule has 2 fully saturated rings. The molecule has 7 heteroatoms. The molecular formula is C17H29ClN2O4. The summed E-state index contributed by atoms with van der Waals surface area (Å²) in [7, 11) is 0. The fourth-order valence-corrected chi connectivity index (χ4v) is 3.71. The quantitative estimate of drug-likeness (QED) is 0.604. The van der Waals surface area contributed by atoms with E-state index in [-0.39, 0.29) is 17.6 Å². The number of carbonyl (C=O) groups is 2. The third-order valence-corrected chi connectivity index (χ3v) is 5.38. The number of nitrogens with two attached hydrogens (primary N) is 1. The first-order valence-corrected chi connectivity index (χ1v) is 9.13. The molecule has 0 radical (unpaired) electrons. The number of amides is 1. The van der Waals surface area contributed by atoms with Crippen LogP contribution in [0.3, 0.4) is 0 Å². The normalized spacial score (nSPS) is 23.0. The van der Waals surface area contributed by atoms with E-state index in [0.717, 1.165) is 25.7 Å². The maximum Gasteiger partial charge on any atom is 0.410 e. The molecule has 24 heavy (non-hydrogen) atoms. The van der Waals surface area contributed by atoms with Crippen molar-refractivity contribution < 1.29 is 19.1 Å². The first-order valence-electron chi connectivity index (χ1n) is 8.59. The van der Waals surface area contributed by atoms with Gasteiger partial charge >= 0.3 is 12.1 Å². The van der Waals surface area contributed by atoms with E-state index >= 15 is 0 Å². The van der Waals surface area contributed by atoms with Crippen LogP contribution >= 0.6 is 11.6 Å². The monoisotopic (exact) mass is 360 g/mol. The van der Waals surface area contributed by atoms with Gasteiger partial charge in [0.25, 0.3) is 0 Å². The van der Waals surface area contributed by atoms with Gasteiger partial charge in [-0.05, 0) is 64.7 Å². The van der Waals surface area contributed by atoms with Crippen LogP contribution in [0.2, 0.25) is 0 Å². The van der Waals surface area contributed by atoms with E-state index in [4.69, 9.17) is 26.8 Å². The van der Waals surface area contributed by atoms with Gasteiger partial charge in [0.15, 0.2) is 6.07 Å². The summed E-state index contributed by atoms with van der Waals surface area (Å²) in [4.78, 5) is 25.9. The number of nitrogens with zero attached hydrogens (tertiary/aromatic N) is 1. The third kappa shape index (κ3) is 4.54. The predicted octanol–water partition coefficient (Wildman–Crippen LogP) is 3.01. The number of piperidine rings is 1. The lowest BCUT2D eigenvalue weighted by atomic mass is 9.63. The molecule has 2 aliphatic rings. The maximum absolute atomic E-state index is 12.2. The van der Waals surface area contributed by atoms with E-state index in [9.17, 15) is 9.59 Å². The second kappa shape index (κ2) is 7.08. The van der Waals surface area contributed by atoms with Crippen LogP contribution in [0.5, 0.6) is 0 Å². The largest absolute Gasteiger partial charge is 0.448 e. The van der Waals surface area contributed by atoms with Gasteiger partial charge < -0.3 is 20.1 Å². The lowest BCUT2D eigenvalue weighted by Crippen LogP contribution is -2.55. The van der Waals surface area contributed by atoms with Gasteiger partial charge in [0, 0.05) is 13.1 Å². The Balaban J connectivity index is 1.87. The molecule has 2 N–H and O–H groups in total. The van der Waals surface area contributed by atoms with Crippen molar-refractivity contribution in [2.75, 3.05) is 19.2 Å². The smallest absolute Gasteiger partial charge is 0.410 e. The highest BCUT2D eigenvalue weighted by Crippen LogP contribution is 2.47. The van der Waals surface area contributed by atoms with Crippen LogP contribution in [-0.2, 0) is 14.3 Å². The van der Waals surface area contributed by atoms with Crippen LogP contribution in [0.4, 0.5) is 4.79 Å². The summed E-state index contributed by atoms with van der Waals surface area (Å²) < 4.78 is 10.3. The zero-order chi connectivity index (χ0) is 18.0. The summed E-state index contributed by atoms with van der Waals surface area (Å²) in [5.41, 5.74) is 4.99. The lowest BCUT2D eigenvalue weighted by molar-refractivity contribution is -0.150. The summed E-state index contributed by atoms with van der Waals surface area (Å²) in [5, 5.41) is 0. The van der Waals surface area contributed by atoms with E-state index in [1.165, 1.54) is 0 Å². The van der Waals surface area contributed by atoms with Crippen molar-refractivity contribution in [1.29, 1.82) is 0 Å². The lowest BCUT2D eigenvalue weighted by Gasteiger charge is -2.47. The molecule has 0 aromatic carbocycles. The summed E-state index contributed by atoms with van der Waals surface area (Å²) in [6, 6.07) is -0.159. The summed E-state index contributed by atoms with van der Waals surface area (Å²) in [6.07, 6.45) is 4.57. The molecule has 1 amide bonds. The number of carbonyl (C=O) groups excluding carboxylic acids is 2. The number of likely N-dealkylation sites (tertiary alicyclic amines) is 1. The first kappa shape index (κ1) is 19.3. The highest BCUT2D eigenvalue weighted by atomic mass is 35.5. The second-order valence-corrected chi connectivity index (χ2v) is 8.38. The minimum Gasteiger partial charge on any atom is -0.448 e. The fourth-order valence-electron chi connectivity index (χ4n) is 3.61. The maximum atomic E-state index is 12.2. The molecule has 1 aliphatic heterocycles. The molecule has 0 aromatic heterocycles. The number of ether oxygens (including phenoxy) is 2. The molecule has 2 rings (SSSR count). The molecular weight excluding hydrogens is 332 g/mol. The Kier molecular flexibility index (Phi) is 5.70. The molecule has 1 aliphatic carbocycles. The van der Waals surface area contributed by atoms with Gasteiger partial charge in [0.2, 0.25) is 0 Å². The molecule has 6 nitrogen and oxygen atoms in total. The standard InChI is InChI=1S/C17H29ClN2O4/c1-15(2,3)24-14(22)20-10-8-16(9-11-20)4-6-17(19,7-5-16)13(21)23-12-18/h4-12,19H2,1-3H3. The van der Waals surface area contributed by atoms with Gasteiger partial charge in [-0.3, -0.25) is 4.79 Å². The van der Waals surface area contributed by atoms with Gasteiger partial charge in [0.05, 0.1) is 0 Å². The zero-order valence-electron chi connectivity index (χ0n) is 14.9. The van der Waals surface area contributed by atoms with Gasteiger partial charge in [-0.1, -0.05) is 11.6 Å². The Morgan fingerprint density at radius 3 is 2.08 bits per heavy atom. The predicted molar refractivity (Wildman–Crippen MR) is 91.7 cm³/mol. The highest BCUT2D eigenvalue weighted by molar-refractivity contribution is 6.17. The molecule has 1 saturated heterocycles. The van der Waals surface area contributed by atoms with Crippen molar-refractivity contribution in [3.63, 3.8) is 0 Å². The van der Waals surface area contributed by atoms with Crippen molar-refractivity contribution in [2.24, 2.45) is 11.1 Å². The van der Waals surface area contributed by atoms with Crippen molar-refractivity contribution in [3.8, 4) is 0 Å². The molecule has 1 heterocycles. The zero-order valence-corrected chi connectivity index (χ0v) is 15.7. The fraction of sp³-hybridized carbons (Fsp3) is 0.882. The highest BCUT2D eigenvalue weighted by Gasteiger charge is 2.47. The average molecular weight is 361 g/mol. The van der Waals surface area contributed by atoms with E-state index in [1.807, 2.05) is 20.8 Å². The Labute approximate surface area is 149 Å². The van der Waals surface area contributed by atoms with Crippen LogP contribution in [0, 0.1) is 5.41 Å². The summed E-state index contributed by atoms with van der Waals surface area (Å²) >= 11 is 5.46. The molecule has 0 atom stereocenters. The molecule has 138 valence electrons. The molecule has 1 saturated carbocycles. The molecule has 0 unspecified atom stereocenters. The SMILES string of the molecule is CC(C)(C)OC(=O)N1CCC2(CC1)CCC(N)(C(=O)OCCl)CC2. The summed E-state index contributed by atoms with van der Waals surface area (Å²) in [5.74, 6) is -0.404. The third-order valence-electron chi connectivity index (χ3n) is 5.27.